The molecule has 0 aliphatic heterocycles. The number of thioether (sulfide) groups is 1. The highest BCUT2D eigenvalue weighted by atomic mass is 32.2. The number of ether oxygens (including phenoxy) is 1. The van der Waals surface area contributed by atoms with Crippen LogP contribution in [0.4, 0.5) is 0 Å². The summed E-state index contributed by atoms with van der Waals surface area (Å²) in [5, 5.41) is 0. The molecule has 25 heavy (non-hydrogen) atoms. The number of rotatable bonds is 7. The number of furan rings is 1. The van der Waals surface area contributed by atoms with Gasteiger partial charge in [0.1, 0.15) is 11.5 Å². The summed E-state index contributed by atoms with van der Waals surface area (Å²) in [6.07, 6.45) is 8.16. The van der Waals surface area contributed by atoms with Crippen LogP contribution in [0.2, 0.25) is 0 Å². The van der Waals surface area contributed by atoms with Gasteiger partial charge >= 0.3 is 0 Å². The molecule has 0 saturated carbocycles. The van der Waals surface area contributed by atoms with Crippen LogP contribution in [0.3, 0.4) is 0 Å². The molecule has 0 bridgehead atoms. The molecule has 4 nitrogen and oxygen atoms in total. The molecule has 5 heteroatoms. The number of benzene rings is 1. The van der Waals surface area contributed by atoms with Crippen molar-refractivity contribution in [2.75, 3.05) is 12.9 Å². The molecular formula is C20H23NO3S. The van der Waals surface area contributed by atoms with E-state index in [1.54, 1.807) is 13.4 Å². The summed E-state index contributed by atoms with van der Waals surface area (Å²) in [7, 11) is 1.65. The van der Waals surface area contributed by atoms with Gasteiger partial charge in [0.25, 0.3) is 0 Å². The van der Waals surface area contributed by atoms with Gasteiger partial charge in [0.05, 0.1) is 25.7 Å². The summed E-state index contributed by atoms with van der Waals surface area (Å²) in [6, 6.07) is 11.6. The molecule has 0 saturated heterocycles. The predicted octanol–water partition coefficient (Wildman–Crippen LogP) is 4.87. The first kappa shape index (κ1) is 17.7. The molecule has 0 atom stereocenters. The fourth-order valence-corrected chi connectivity index (χ4v) is 3.83. The minimum Gasteiger partial charge on any atom is -0.496 e. The number of nitrogens with zero attached hydrogens (tertiary/aromatic N) is 1. The van der Waals surface area contributed by atoms with Gasteiger partial charge in [-0.1, -0.05) is 18.2 Å². The van der Waals surface area contributed by atoms with Crippen molar-refractivity contribution in [1.29, 1.82) is 0 Å². The third-order valence-corrected chi connectivity index (χ3v) is 5.27. The number of hydrogen-bond donors (Lipinski definition) is 0. The smallest absolute Gasteiger partial charge is 0.237 e. The Balaban J connectivity index is 1.71. The van der Waals surface area contributed by atoms with Crippen LogP contribution in [0.15, 0.2) is 63.7 Å². The van der Waals surface area contributed by atoms with Crippen molar-refractivity contribution in [2.45, 2.75) is 37.1 Å². The van der Waals surface area contributed by atoms with Crippen molar-refractivity contribution in [3.05, 3.63) is 60.2 Å². The molecule has 1 heterocycles. The molecule has 1 aromatic carbocycles. The molecule has 0 unspecified atom stereocenters. The first-order chi connectivity index (χ1) is 12.3. The second-order valence-corrected chi connectivity index (χ2v) is 6.96. The molecule has 132 valence electrons. The summed E-state index contributed by atoms with van der Waals surface area (Å²) in [5.74, 6) is 2.08. The van der Waals surface area contributed by atoms with E-state index in [4.69, 9.17) is 9.15 Å². The van der Waals surface area contributed by atoms with Gasteiger partial charge in [0.15, 0.2) is 0 Å². The lowest BCUT2D eigenvalue weighted by Gasteiger charge is -2.27. The van der Waals surface area contributed by atoms with E-state index in [1.807, 2.05) is 41.3 Å². The molecule has 1 aliphatic carbocycles. The van der Waals surface area contributed by atoms with E-state index >= 15 is 0 Å². The number of amides is 1. The van der Waals surface area contributed by atoms with Gasteiger partial charge in [0.2, 0.25) is 5.91 Å². The maximum Gasteiger partial charge on any atom is 0.237 e. The monoisotopic (exact) mass is 357 g/mol. The Morgan fingerprint density at radius 1 is 1.24 bits per heavy atom. The third-order valence-electron chi connectivity index (χ3n) is 4.23. The molecule has 0 radical (unpaired) electrons. The fourth-order valence-electron chi connectivity index (χ4n) is 2.93. The van der Waals surface area contributed by atoms with Crippen molar-refractivity contribution in [2.24, 2.45) is 0 Å². The molecule has 0 spiro atoms. The summed E-state index contributed by atoms with van der Waals surface area (Å²) in [5.41, 5.74) is 1.12. The van der Waals surface area contributed by atoms with E-state index in [1.165, 1.54) is 18.2 Å². The predicted molar refractivity (Wildman–Crippen MR) is 99.5 cm³/mol. The minimum absolute atomic E-state index is 0.0976. The van der Waals surface area contributed by atoms with E-state index in [9.17, 15) is 4.79 Å². The minimum atomic E-state index is 0.0976. The zero-order valence-electron chi connectivity index (χ0n) is 14.4. The van der Waals surface area contributed by atoms with Crippen LogP contribution in [0.1, 0.15) is 31.4 Å². The maximum atomic E-state index is 12.9. The van der Waals surface area contributed by atoms with Crippen molar-refractivity contribution < 1.29 is 13.9 Å². The normalized spacial score (nSPS) is 14.0. The molecule has 1 amide bonds. The van der Waals surface area contributed by atoms with Crippen LogP contribution in [0, 0.1) is 0 Å². The van der Waals surface area contributed by atoms with Gasteiger partial charge in [-0.05, 0) is 49.9 Å². The van der Waals surface area contributed by atoms with Gasteiger partial charge in [-0.15, -0.1) is 11.8 Å². The lowest BCUT2D eigenvalue weighted by Crippen LogP contribution is -2.32. The SMILES string of the molecule is COc1ccccc1SCC(=O)N(Cc1ccco1)C1=CCCCC1. The van der Waals surface area contributed by atoms with Crippen molar-refractivity contribution in [1.82, 2.24) is 4.90 Å². The lowest BCUT2D eigenvalue weighted by molar-refractivity contribution is -0.127. The second-order valence-electron chi connectivity index (χ2n) is 5.94. The average Bonchev–Trinajstić information content (AvgIpc) is 3.18. The van der Waals surface area contributed by atoms with E-state index in [0.29, 0.717) is 12.3 Å². The first-order valence-corrected chi connectivity index (χ1v) is 9.54. The van der Waals surface area contributed by atoms with Gasteiger partial charge in [-0.2, -0.15) is 0 Å². The van der Waals surface area contributed by atoms with E-state index in [2.05, 4.69) is 6.08 Å². The molecule has 1 aliphatic rings. The Morgan fingerprint density at radius 3 is 2.84 bits per heavy atom. The van der Waals surface area contributed by atoms with Crippen LogP contribution in [0.25, 0.3) is 0 Å². The summed E-state index contributed by atoms with van der Waals surface area (Å²) in [4.78, 5) is 15.8. The molecule has 0 N–H and O–H groups in total. The third kappa shape index (κ3) is 4.69. The summed E-state index contributed by atoms with van der Waals surface area (Å²) in [6.45, 7) is 0.490. The van der Waals surface area contributed by atoms with Crippen LogP contribution < -0.4 is 4.74 Å². The Kier molecular flexibility index (Phi) is 6.23. The van der Waals surface area contributed by atoms with Gasteiger partial charge in [-0.25, -0.2) is 0 Å². The largest absolute Gasteiger partial charge is 0.496 e. The Bertz CT molecular complexity index is 724. The van der Waals surface area contributed by atoms with Gasteiger partial charge in [0, 0.05) is 10.6 Å². The van der Waals surface area contributed by atoms with Crippen molar-refractivity contribution >= 4 is 17.7 Å². The number of para-hydroxylation sites is 1. The fraction of sp³-hybridized carbons (Fsp3) is 0.350. The zero-order chi connectivity index (χ0) is 17.5. The van der Waals surface area contributed by atoms with Crippen LogP contribution >= 0.6 is 11.8 Å². The number of methoxy groups -OCH3 is 1. The van der Waals surface area contributed by atoms with E-state index in [0.717, 1.165) is 41.4 Å². The molecule has 3 rings (SSSR count). The first-order valence-electron chi connectivity index (χ1n) is 8.55. The Hall–Kier alpha value is -2.14. The van der Waals surface area contributed by atoms with Crippen molar-refractivity contribution in [3.63, 3.8) is 0 Å². The van der Waals surface area contributed by atoms with E-state index < -0.39 is 0 Å². The molecule has 2 aromatic rings. The number of allylic oxidation sites excluding steroid dienone is 2. The van der Waals surface area contributed by atoms with Crippen molar-refractivity contribution in [3.8, 4) is 5.75 Å². The molecule has 0 fully saturated rings. The quantitative estimate of drug-likeness (QED) is 0.663. The maximum absolute atomic E-state index is 12.9. The lowest BCUT2D eigenvalue weighted by atomic mass is 10.0. The summed E-state index contributed by atoms with van der Waals surface area (Å²) >= 11 is 1.51. The van der Waals surface area contributed by atoms with Gasteiger partial charge in [-0.3, -0.25) is 4.79 Å². The topological polar surface area (TPSA) is 42.7 Å². The Morgan fingerprint density at radius 2 is 2.12 bits per heavy atom. The van der Waals surface area contributed by atoms with Gasteiger partial charge < -0.3 is 14.1 Å². The highest BCUT2D eigenvalue weighted by Crippen LogP contribution is 2.30. The summed E-state index contributed by atoms with van der Waals surface area (Å²) < 4.78 is 10.8. The van der Waals surface area contributed by atoms with Crippen LogP contribution in [-0.4, -0.2) is 23.7 Å². The highest BCUT2D eigenvalue weighted by molar-refractivity contribution is 8.00. The van der Waals surface area contributed by atoms with Crippen LogP contribution in [-0.2, 0) is 11.3 Å². The second kappa shape index (κ2) is 8.81. The standard InChI is InChI=1S/C20H23NO3S/c1-23-18-11-5-6-12-19(18)25-15-20(22)21(14-17-10-7-13-24-17)16-8-3-2-4-9-16/h5-8,10-13H,2-4,9,14-15H2,1H3. The average molecular weight is 357 g/mol. The Labute approximate surface area is 152 Å². The molecular weight excluding hydrogens is 334 g/mol. The van der Waals surface area contributed by atoms with Crippen LogP contribution in [0.5, 0.6) is 5.75 Å². The number of carbonyl (C=O) groups is 1. The number of hydrogen-bond acceptors (Lipinski definition) is 4. The highest BCUT2D eigenvalue weighted by Gasteiger charge is 2.21. The molecule has 1 aromatic heterocycles. The zero-order valence-corrected chi connectivity index (χ0v) is 15.3. The number of carbonyl (C=O) groups excluding carboxylic acids is 1. The van der Waals surface area contributed by atoms with E-state index in [-0.39, 0.29) is 5.91 Å².